The van der Waals surface area contributed by atoms with Gasteiger partial charge in [0, 0.05) is 22.2 Å². The topological polar surface area (TPSA) is 43.1 Å². The van der Waals surface area contributed by atoms with E-state index in [9.17, 15) is 9.18 Å². The van der Waals surface area contributed by atoms with Crippen molar-refractivity contribution in [1.82, 2.24) is 4.98 Å². The van der Waals surface area contributed by atoms with Crippen molar-refractivity contribution in [2.24, 2.45) is 0 Å². The van der Waals surface area contributed by atoms with E-state index >= 15 is 0 Å². The van der Waals surface area contributed by atoms with Gasteiger partial charge in [0.1, 0.15) is 17.2 Å². The Hall–Kier alpha value is -3.01. The van der Waals surface area contributed by atoms with Gasteiger partial charge in [0.15, 0.2) is 5.43 Å². The van der Waals surface area contributed by atoms with Crippen molar-refractivity contribution in [2.45, 2.75) is 13.8 Å². The second-order valence-electron chi connectivity index (χ2n) is 5.85. The van der Waals surface area contributed by atoms with Crippen LogP contribution in [-0.4, -0.2) is 4.98 Å². The van der Waals surface area contributed by atoms with E-state index in [1.807, 2.05) is 37.3 Å². The monoisotopic (exact) mass is 319 g/mol. The predicted octanol–water partition coefficient (Wildman–Crippen LogP) is 4.76. The van der Waals surface area contributed by atoms with Crippen LogP contribution in [0.3, 0.4) is 0 Å². The van der Waals surface area contributed by atoms with Crippen molar-refractivity contribution in [1.29, 1.82) is 0 Å². The standard InChI is InChI=1S/C20H14FNO2/c1-11-9-15(14-5-3-4-6-17(14)22-11)20-12(2)19(23)16-10-13(21)7-8-18(16)24-20/h3-10H,1-2H3. The number of aromatic nitrogens is 1. The normalized spacial score (nSPS) is 11.3. The van der Waals surface area contributed by atoms with Crippen LogP contribution in [0.25, 0.3) is 33.2 Å². The lowest BCUT2D eigenvalue weighted by molar-refractivity contribution is 0.605. The maximum Gasteiger partial charge on any atom is 0.196 e. The van der Waals surface area contributed by atoms with Crippen molar-refractivity contribution < 1.29 is 8.81 Å². The number of hydrogen-bond acceptors (Lipinski definition) is 3. The van der Waals surface area contributed by atoms with Crippen molar-refractivity contribution in [3.63, 3.8) is 0 Å². The summed E-state index contributed by atoms with van der Waals surface area (Å²) in [7, 11) is 0. The van der Waals surface area contributed by atoms with Crippen LogP contribution in [0.2, 0.25) is 0 Å². The third-order valence-corrected chi connectivity index (χ3v) is 4.17. The molecule has 4 aromatic rings. The minimum absolute atomic E-state index is 0.218. The van der Waals surface area contributed by atoms with Crippen molar-refractivity contribution in [3.8, 4) is 11.3 Å². The molecular weight excluding hydrogens is 305 g/mol. The fourth-order valence-corrected chi connectivity index (χ4v) is 3.01. The van der Waals surface area contributed by atoms with E-state index in [4.69, 9.17) is 4.42 Å². The third-order valence-electron chi connectivity index (χ3n) is 4.17. The first kappa shape index (κ1) is 14.6. The molecule has 0 radical (unpaired) electrons. The van der Waals surface area contributed by atoms with Gasteiger partial charge in [-0.1, -0.05) is 18.2 Å². The first-order valence-electron chi connectivity index (χ1n) is 7.64. The largest absolute Gasteiger partial charge is 0.456 e. The van der Waals surface area contributed by atoms with Gasteiger partial charge in [-0.25, -0.2) is 4.39 Å². The maximum atomic E-state index is 13.4. The Morgan fingerprint density at radius 1 is 1.00 bits per heavy atom. The highest BCUT2D eigenvalue weighted by molar-refractivity contribution is 5.95. The van der Waals surface area contributed by atoms with Crippen molar-refractivity contribution >= 4 is 21.9 Å². The summed E-state index contributed by atoms with van der Waals surface area (Å²) in [5, 5.41) is 1.17. The second-order valence-corrected chi connectivity index (χ2v) is 5.85. The minimum Gasteiger partial charge on any atom is -0.456 e. The van der Waals surface area contributed by atoms with Gasteiger partial charge in [-0.2, -0.15) is 0 Å². The zero-order valence-corrected chi connectivity index (χ0v) is 13.3. The molecule has 0 bridgehead atoms. The Balaban J connectivity index is 2.13. The lowest BCUT2D eigenvalue weighted by Crippen LogP contribution is -2.08. The average Bonchev–Trinajstić information content (AvgIpc) is 2.58. The summed E-state index contributed by atoms with van der Waals surface area (Å²) in [5.41, 5.74) is 3.12. The highest BCUT2D eigenvalue weighted by atomic mass is 19.1. The number of benzene rings is 2. The SMILES string of the molecule is Cc1cc(-c2oc3ccc(F)cc3c(=O)c2C)c2ccccc2n1. The molecule has 0 saturated heterocycles. The van der Waals surface area contributed by atoms with Crippen LogP contribution in [-0.2, 0) is 0 Å². The molecule has 0 atom stereocenters. The summed E-state index contributed by atoms with van der Waals surface area (Å²) in [6.45, 7) is 3.61. The molecule has 0 saturated carbocycles. The van der Waals surface area contributed by atoms with Gasteiger partial charge in [0.2, 0.25) is 0 Å². The van der Waals surface area contributed by atoms with E-state index in [-0.39, 0.29) is 10.8 Å². The highest BCUT2D eigenvalue weighted by Gasteiger charge is 2.16. The molecule has 2 aromatic carbocycles. The predicted molar refractivity (Wildman–Crippen MR) is 92.7 cm³/mol. The van der Waals surface area contributed by atoms with Crippen LogP contribution in [0.15, 0.2) is 57.7 Å². The highest BCUT2D eigenvalue weighted by Crippen LogP contribution is 2.31. The molecule has 0 unspecified atom stereocenters. The molecular formula is C20H14FNO2. The zero-order valence-electron chi connectivity index (χ0n) is 13.3. The molecule has 3 nitrogen and oxygen atoms in total. The molecule has 0 aliphatic heterocycles. The summed E-state index contributed by atoms with van der Waals surface area (Å²) < 4.78 is 19.4. The first-order valence-corrected chi connectivity index (χ1v) is 7.64. The number of aryl methyl sites for hydroxylation is 1. The molecule has 0 spiro atoms. The van der Waals surface area contributed by atoms with E-state index < -0.39 is 5.82 Å². The van der Waals surface area contributed by atoms with Crippen LogP contribution in [0, 0.1) is 19.7 Å². The Labute approximate surface area is 137 Å². The summed E-state index contributed by atoms with van der Waals surface area (Å²) >= 11 is 0. The fourth-order valence-electron chi connectivity index (χ4n) is 3.01. The van der Waals surface area contributed by atoms with E-state index in [1.54, 1.807) is 6.92 Å². The molecule has 0 N–H and O–H groups in total. The summed E-state index contributed by atoms with van der Waals surface area (Å²) in [4.78, 5) is 17.2. The van der Waals surface area contributed by atoms with E-state index in [0.717, 1.165) is 22.2 Å². The van der Waals surface area contributed by atoms with Gasteiger partial charge in [-0.05, 0) is 44.2 Å². The second kappa shape index (κ2) is 5.27. The molecule has 118 valence electrons. The molecule has 0 aliphatic carbocycles. The van der Waals surface area contributed by atoms with Crippen molar-refractivity contribution in [2.75, 3.05) is 0 Å². The number of halogens is 1. The fraction of sp³-hybridized carbons (Fsp3) is 0.100. The summed E-state index contributed by atoms with van der Waals surface area (Å²) in [6, 6.07) is 13.6. The van der Waals surface area contributed by atoms with Gasteiger partial charge < -0.3 is 4.42 Å². The van der Waals surface area contributed by atoms with Gasteiger partial charge in [-0.15, -0.1) is 0 Å². The molecule has 2 aromatic heterocycles. The number of nitrogens with zero attached hydrogens (tertiary/aromatic N) is 1. The van der Waals surface area contributed by atoms with Gasteiger partial charge in [0.05, 0.1) is 10.9 Å². The number of rotatable bonds is 1. The maximum absolute atomic E-state index is 13.4. The molecule has 24 heavy (non-hydrogen) atoms. The summed E-state index contributed by atoms with van der Waals surface area (Å²) in [5.74, 6) is 0.0490. The smallest absolute Gasteiger partial charge is 0.196 e. The van der Waals surface area contributed by atoms with Crippen LogP contribution in [0.1, 0.15) is 11.3 Å². The lowest BCUT2D eigenvalue weighted by Gasteiger charge is -2.11. The number of hydrogen-bond donors (Lipinski definition) is 0. The zero-order chi connectivity index (χ0) is 16.8. The van der Waals surface area contributed by atoms with E-state index in [1.165, 1.54) is 18.2 Å². The lowest BCUT2D eigenvalue weighted by atomic mass is 10.0. The number of pyridine rings is 1. The molecule has 4 rings (SSSR count). The third kappa shape index (κ3) is 2.19. The van der Waals surface area contributed by atoms with Crippen LogP contribution in [0.4, 0.5) is 4.39 Å². The Kier molecular flexibility index (Phi) is 3.20. The quantitative estimate of drug-likeness (QED) is 0.508. The van der Waals surface area contributed by atoms with E-state index in [0.29, 0.717) is 16.9 Å². The van der Waals surface area contributed by atoms with Crippen molar-refractivity contribution in [3.05, 3.63) is 75.8 Å². The van der Waals surface area contributed by atoms with E-state index in [2.05, 4.69) is 4.98 Å². The van der Waals surface area contributed by atoms with Gasteiger partial charge in [-0.3, -0.25) is 9.78 Å². The molecule has 0 aliphatic rings. The Morgan fingerprint density at radius 2 is 1.79 bits per heavy atom. The Bertz CT molecular complexity index is 1160. The number of para-hydroxylation sites is 1. The molecule has 0 fully saturated rings. The van der Waals surface area contributed by atoms with Crippen LogP contribution >= 0.6 is 0 Å². The molecule has 0 amide bonds. The summed E-state index contributed by atoms with van der Waals surface area (Å²) in [6.07, 6.45) is 0. The van der Waals surface area contributed by atoms with Crippen LogP contribution < -0.4 is 5.43 Å². The first-order chi connectivity index (χ1) is 11.5. The van der Waals surface area contributed by atoms with Crippen LogP contribution in [0.5, 0.6) is 0 Å². The Morgan fingerprint density at radius 3 is 2.62 bits per heavy atom. The molecule has 2 heterocycles. The van der Waals surface area contributed by atoms with Gasteiger partial charge in [0.25, 0.3) is 0 Å². The average molecular weight is 319 g/mol. The minimum atomic E-state index is -0.452. The van der Waals surface area contributed by atoms with Gasteiger partial charge >= 0.3 is 0 Å². The number of fused-ring (bicyclic) bond motifs is 2. The molecule has 4 heteroatoms.